The largest absolute Gasteiger partial charge is 0.322 e. The molecule has 1 aromatic heterocycles. The number of carbonyl (C=O) groups excluding carboxylic acids is 2. The first-order valence-corrected chi connectivity index (χ1v) is 12.0. The van der Waals surface area contributed by atoms with E-state index in [-0.39, 0.29) is 11.8 Å². The summed E-state index contributed by atoms with van der Waals surface area (Å²) in [6.45, 7) is 3.75. The number of amides is 2. The van der Waals surface area contributed by atoms with Crippen molar-refractivity contribution in [2.75, 3.05) is 10.6 Å². The zero-order valence-corrected chi connectivity index (χ0v) is 19.7. The van der Waals surface area contributed by atoms with Crippen molar-refractivity contribution in [3.05, 3.63) is 101 Å². The minimum absolute atomic E-state index is 0.151. The molecule has 2 amide bonds. The third-order valence-corrected chi connectivity index (χ3v) is 6.87. The summed E-state index contributed by atoms with van der Waals surface area (Å²) in [5.74, 6) is -0.318. The number of benzene rings is 3. The highest BCUT2D eigenvalue weighted by Crippen LogP contribution is 2.37. The van der Waals surface area contributed by atoms with Crippen LogP contribution >= 0.6 is 23.1 Å². The predicted octanol–water partition coefficient (Wildman–Crippen LogP) is 5.88. The lowest BCUT2D eigenvalue weighted by molar-refractivity contribution is -0.115. The van der Waals surface area contributed by atoms with Gasteiger partial charge in [-0.15, -0.1) is 22.0 Å². The SMILES string of the molecule is Cc1nnc(NC(=O)C(Sc2ccc(NC(=O)c3ccccc3C)cc2)c2ccccc2)s1. The predicted molar refractivity (Wildman–Crippen MR) is 134 cm³/mol. The molecule has 0 radical (unpaired) electrons. The highest BCUT2D eigenvalue weighted by atomic mass is 32.2. The van der Waals surface area contributed by atoms with E-state index in [1.165, 1.54) is 23.1 Å². The Balaban J connectivity index is 1.48. The Kier molecular flexibility index (Phi) is 7.16. The second-order valence-electron chi connectivity index (χ2n) is 7.32. The van der Waals surface area contributed by atoms with Crippen molar-refractivity contribution in [2.24, 2.45) is 0 Å². The molecule has 3 aromatic carbocycles. The minimum atomic E-state index is -0.470. The number of thioether (sulfide) groups is 1. The minimum Gasteiger partial charge on any atom is -0.322 e. The van der Waals surface area contributed by atoms with Crippen LogP contribution < -0.4 is 10.6 Å². The van der Waals surface area contributed by atoms with Gasteiger partial charge in [0.1, 0.15) is 10.3 Å². The van der Waals surface area contributed by atoms with Crippen LogP contribution in [-0.4, -0.2) is 22.0 Å². The van der Waals surface area contributed by atoms with E-state index in [0.29, 0.717) is 16.4 Å². The molecule has 0 saturated carbocycles. The Morgan fingerprint density at radius 3 is 2.21 bits per heavy atom. The maximum Gasteiger partial charge on any atom is 0.255 e. The number of aryl methyl sites for hydroxylation is 2. The van der Waals surface area contributed by atoms with E-state index in [1.54, 1.807) is 6.07 Å². The molecular formula is C25H22N4O2S2. The molecule has 1 atom stereocenters. The maximum atomic E-state index is 13.1. The van der Waals surface area contributed by atoms with E-state index in [2.05, 4.69) is 20.8 Å². The smallest absolute Gasteiger partial charge is 0.255 e. The van der Waals surface area contributed by atoms with Crippen LogP contribution in [0.25, 0.3) is 0 Å². The van der Waals surface area contributed by atoms with Gasteiger partial charge in [0.05, 0.1) is 0 Å². The van der Waals surface area contributed by atoms with Crippen molar-refractivity contribution in [3.8, 4) is 0 Å². The second-order valence-corrected chi connectivity index (χ2v) is 9.68. The van der Waals surface area contributed by atoms with Gasteiger partial charge < -0.3 is 5.32 Å². The number of nitrogens with one attached hydrogen (secondary N) is 2. The molecule has 6 nitrogen and oxygen atoms in total. The van der Waals surface area contributed by atoms with Gasteiger partial charge in [0.2, 0.25) is 11.0 Å². The van der Waals surface area contributed by atoms with Crippen molar-refractivity contribution in [3.63, 3.8) is 0 Å². The fraction of sp³-hybridized carbons (Fsp3) is 0.120. The van der Waals surface area contributed by atoms with Crippen LogP contribution in [0.2, 0.25) is 0 Å². The van der Waals surface area contributed by atoms with Gasteiger partial charge in [-0.2, -0.15) is 0 Å². The van der Waals surface area contributed by atoms with Gasteiger partial charge in [0.25, 0.3) is 5.91 Å². The molecule has 33 heavy (non-hydrogen) atoms. The van der Waals surface area contributed by atoms with Crippen LogP contribution in [0.3, 0.4) is 0 Å². The molecular weight excluding hydrogens is 452 g/mol. The topological polar surface area (TPSA) is 84.0 Å². The summed E-state index contributed by atoms with van der Waals surface area (Å²) >= 11 is 2.77. The third kappa shape index (κ3) is 5.85. The van der Waals surface area contributed by atoms with Gasteiger partial charge in [0, 0.05) is 16.1 Å². The van der Waals surface area contributed by atoms with E-state index < -0.39 is 5.25 Å². The van der Waals surface area contributed by atoms with Crippen LogP contribution in [0.1, 0.15) is 31.7 Å². The zero-order chi connectivity index (χ0) is 23.2. The molecule has 0 aliphatic heterocycles. The molecule has 0 aliphatic carbocycles. The van der Waals surface area contributed by atoms with E-state index in [9.17, 15) is 9.59 Å². The molecule has 166 valence electrons. The Hall–Kier alpha value is -3.49. The number of hydrogen-bond donors (Lipinski definition) is 2. The summed E-state index contributed by atoms with van der Waals surface area (Å²) in [4.78, 5) is 26.5. The maximum absolute atomic E-state index is 13.1. The summed E-state index contributed by atoms with van der Waals surface area (Å²) in [5, 5.41) is 14.6. The Bertz CT molecular complexity index is 1260. The lowest BCUT2D eigenvalue weighted by Gasteiger charge is -2.16. The average molecular weight is 475 g/mol. The van der Waals surface area contributed by atoms with Gasteiger partial charge in [-0.05, 0) is 55.3 Å². The van der Waals surface area contributed by atoms with Crippen LogP contribution in [0.15, 0.2) is 83.8 Å². The van der Waals surface area contributed by atoms with Gasteiger partial charge >= 0.3 is 0 Å². The van der Waals surface area contributed by atoms with Gasteiger partial charge in [-0.25, -0.2) is 0 Å². The first-order valence-electron chi connectivity index (χ1n) is 10.3. The average Bonchev–Trinajstić information content (AvgIpc) is 3.23. The van der Waals surface area contributed by atoms with Crippen LogP contribution in [0, 0.1) is 13.8 Å². The molecule has 0 aliphatic rings. The monoisotopic (exact) mass is 474 g/mol. The number of nitrogens with zero attached hydrogens (tertiary/aromatic N) is 2. The highest BCUT2D eigenvalue weighted by Gasteiger charge is 2.23. The molecule has 4 aromatic rings. The van der Waals surface area contributed by atoms with E-state index in [4.69, 9.17) is 0 Å². The number of hydrogen-bond acceptors (Lipinski definition) is 6. The molecule has 0 saturated heterocycles. The number of aromatic nitrogens is 2. The standard InChI is InChI=1S/C25H22N4O2S2/c1-16-8-6-7-11-21(16)23(30)26-19-12-14-20(15-13-19)33-22(18-9-4-3-5-10-18)24(31)27-25-29-28-17(2)32-25/h3-15,22H,1-2H3,(H,26,30)(H,27,29,31). The molecule has 0 spiro atoms. The lowest BCUT2D eigenvalue weighted by atomic mass is 10.1. The molecule has 4 rings (SSSR count). The fourth-order valence-electron chi connectivity index (χ4n) is 3.20. The van der Waals surface area contributed by atoms with Crippen molar-refractivity contribution < 1.29 is 9.59 Å². The number of anilines is 2. The Morgan fingerprint density at radius 2 is 1.55 bits per heavy atom. The molecule has 8 heteroatoms. The van der Waals surface area contributed by atoms with Crippen molar-refractivity contribution in [2.45, 2.75) is 24.0 Å². The van der Waals surface area contributed by atoms with Crippen molar-refractivity contribution in [1.29, 1.82) is 0 Å². The molecule has 0 bridgehead atoms. The van der Waals surface area contributed by atoms with Gasteiger partial charge in [0.15, 0.2) is 0 Å². The normalized spacial score (nSPS) is 11.6. The fourth-order valence-corrected chi connectivity index (χ4v) is 4.82. The molecule has 0 fully saturated rings. The quantitative estimate of drug-likeness (QED) is 0.327. The first-order chi connectivity index (χ1) is 16.0. The van der Waals surface area contributed by atoms with E-state index in [0.717, 1.165) is 21.0 Å². The third-order valence-electron chi connectivity index (χ3n) is 4.85. The van der Waals surface area contributed by atoms with Crippen LogP contribution in [0.5, 0.6) is 0 Å². The summed E-state index contributed by atoms with van der Waals surface area (Å²) < 4.78 is 0. The molecule has 1 heterocycles. The summed E-state index contributed by atoms with van der Waals surface area (Å²) in [7, 11) is 0. The number of rotatable bonds is 7. The number of carbonyl (C=O) groups is 2. The van der Waals surface area contributed by atoms with E-state index >= 15 is 0 Å². The Morgan fingerprint density at radius 1 is 0.848 bits per heavy atom. The molecule has 2 N–H and O–H groups in total. The zero-order valence-electron chi connectivity index (χ0n) is 18.1. The molecule has 1 unspecified atom stereocenters. The van der Waals surface area contributed by atoms with Gasteiger partial charge in [-0.3, -0.25) is 14.9 Å². The van der Waals surface area contributed by atoms with Crippen LogP contribution in [-0.2, 0) is 4.79 Å². The van der Waals surface area contributed by atoms with Crippen molar-refractivity contribution >= 4 is 45.7 Å². The lowest BCUT2D eigenvalue weighted by Crippen LogP contribution is -2.19. The van der Waals surface area contributed by atoms with Crippen molar-refractivity contribution in [1.82, 2.24) is 10.2 Å². The van der Waals surface area contributed by atoms with Gasteiger partial charge in [-0.1, -0.05) is 59.9 Å². The van der Waals surface area contributed by atoms with E-state index in [1.807, 2.05) is 86.6 Å². The second kappa shape index (κ2) is 10.4. The summed E-state index contributed by atoms with van der Waals surface area (Å²) in [5.41, 5.74) is 3.14. The Labute approximate surface area is 200 Å². The summed E-state index contributed by atoms with van der Waals surface area (Å²) in [6.07, 6.45) is 0. The first kappa shape index (κ1) is 22.7. The highest BCUT2D eigenvalue weighted by molar-refractivity contribution is 8.00. The van der Waals surface area contributed by atoms with Crippen LogP contribution in [0.4, 0.5) is 10.8 Å². The summed E-state index contributed by atoms with van der Waals surface area (Å²) in [6, 6.07) is 24.5.